The zero-order valence-corrected chi connectivity index (χ0v) is 22.1. The molecule has 0 spiro atoms. The third kappa shape index (κ3) is 4.70. The summed E-state index contributed by atoms with van der Waals surface area (Å²) in [7, 11) is 0. The van der Waals surface area contributed by atoms with Gasteiger partial charge in [0.2, 0.25) is 0 Å². The number of carbonyl (C=O) groups excluding carboxylic acids is 1. The number of nitriles is 1. The Morgan fingerprint density at radius 2 is 1.82 bits per heavy atom. The molecule has 4 rings (SSSR count). The number of piperidine rings is 1. The smallest absolute Gasteiger partial charge is 0.270 e. The van der Waals surface area contributed by atoms with E-state index in [9.17, 15) is 14.9 Å². The van der Waals surface area contributed by atoms with Crippen LogP contribution in [-0.4, -0.2) is 38.8 Å². The van der Waals surface area contributed by atoms with Gasteiger partial charge in [-0.2, -0.15) is 5.26 Å². The molecule has 3 fully saturated rings. The van der Waals surface area contributed by atoms with E-state index in [2.05, 4.69) is 17.9 Å². The quantitative estimate of drug-likeness (QED) is 0.410. The molecular weight excluding hydrogens is 464 g/mol. The van der Waals surface area contributed by atoms with Crippen molar-refractivity contribution >= 4 is 46.1 Å². The highest BCUT2D eigenvalue weighted by molar-refractivity contribution is 8.26. The SMILES string of the molecule is CCCn1c(N2CCC(C)CC2)c(/C=C2/SC(=S)N(C3CCCCC3)C2=O)c(C)c(C#N)c1=O. The molecule has 3 heterocycles. The summed E-state index contributed by atoms with van der Waals surface area (Å²) in [5, 5.41) is 9.82. The minimum atomic E-state index is -0.234. The first-order valence-electron chi connectivity index (χ1n) is 12.6. The van der Waals surface area contributed by atoms with Gasteiger partial charge in [0.1, 0.15) is 21.8 Å². The Morgan fingerprint density at radius 1 is 1.15 bits per heavy atom. The monoisotopic (exact) mass is 498 g/mol. The molecule has 3 aliphatic rings. The second-order valence-electron chi connectivity index (χ2n) is 9.82. The number of hydrogen-bond donors (Lipinski definition) is 0. The number of pyridine rings is 1. The lowest BCUT2D eigenvalue weighted by molar-refractivity contribution is -0.124. The van der Waals surface area contributed by atoms with Crippen LogP contribution in [0.5, 0.6) is 0 Å². The third-order valence-corrected chi connectivity index (χ3v) is 8.75. The molecular formula is C26H34N4O2S2. The molecule has 1 saturated carbocycles. The van der Waals surface area contributed by atoms with Crippen molar-refractivity contribution in [2.24, 2.45) is 5.92 Å². The number of nitrogens with zero attached hydrogens (tertiary/aromatic N) is 4. The van der Waals surface area contributed by atoms with Crippen LogP contribution >= 0.6 is 24.0 Å². The van der Waals surface area contributed by atoms with Crippen molar-refractivity contribution in [1.29, 1.82) is 5.26 Å². The van der Waals surface area contributed by atoms with Gasteiger partial charge in [0.05, 0.1) is 4.91 Å². The van der Waals surface area contributed by atoms with Crippen LogP contribution in [0.15, 0.2) is 9.70 Å². The second-order valence-corrected chi connectivity index (χ2v) is 11.5. The summed E-state index contributed by atoms with van der Waals surface area (Å²) in [6.45, 7) is 8.39. The van der Waals surface area contributed by atoms with Crippen LogP contribution in [0.2, 0.25) is 0 Å². The van der Waals surface area contributed by atoms with E-state index in [1.54, 1.807) is 4.57 Å². The first-order valence-corrected chi connectivity index (χ1v) is 13.8. The van der Waals surface area contributed by atoms with Gasteiger partial charge in [-0.3, -0.25) is 19.1 Å². The molecule has 6 nitrogen and oxygen atoms in total. The molecule has 0 bridgehead atoms. The van der Waals surface area contributed by atoms with Crippen molar-refractivity contribution in [1.82, 2.24) is 9.47 Å². The van der Waals surface area contributed by atoms with Gasteiger partial charge >= 0.3 is 0 Å². The summed E-state index contributed by atoms with van der Waals surface area (Å²) in [5.74, 6) is 1.46. The Balaban J connectivity index is 1.83. The van der Waals surface area contributed by atoms with Crippen LogP contribution in [0.4, 0.5) is 5.82 Å². The summed E-state index contributed by atoms with van der Waals surface area (Å²) in [4.78, 5) is 31.5. The summed E-state index contributed by atoms with van der Waals surface area (Å²) >= 11 is 6.99. The normalized spacial score (nSPS) is 21.5. The maximum atomic E-state index is 13.5. The van der Waals surface area contributed by atoms with Gasteiger partial charge in [-0.25, -0.2) is 0 Å². The van der Waals surface area contributed by atoms with Gasteiger partial charge in [0.15, 0.2) is 0 Å². The number of anilines is 1. The lowest BCUT2D eigenvalue weighted by Gasteiger charge is -2.35. The highest BCUT2D eigenvalue weighted by Gasteiger charge is 2.38. The van der Waals surface area contributed by atoms with Crippen LogP contribution in [-0.2, 0) is 11.3 Å². The van der Waals surface area contributed by atoms with E-state index in [1.165, 1.54) is 18.2 Å². The zero-order chi connectivity index (χ0) is 24.4. The van der Waals surface area contributed by atoms with Gasteiger partial charge in [-0.15, -0.1) is 0 Å². The van der Waals surface area contributed by atoms with Gasteiger partial charge in [0, 0.05) is 31.2 Å². The van der Waals surface area contributed by atoms with Gasteiger partial charge < -0.3 is 4.90 Å². The molecule has 2 saturated heterocycles. The lowest BCUT2D eigenvalue weighted by atomic mass is 9.94. The van der Waals surface area contributed by atoms with Crippen molar-refractivity contribution < 1.29 is 4.79 Å². The van der Waals surface area contributed by atoms with E-state index in [0.717, 1.165) is 69.4 Å². The average Bonchev–Trinajstić information content (AvgIpc) is 3.11. The zero-order valence-electron chi connectivity index (χ0n) is 20.4. The molecule has 182 valence electrons. The van der Waals surface area contributed by atoms with Crippen molar-refractivity contribution in [2.45, 2.75) is 84.7 Å². The van der Waals surface area contributed by atoms with E-state index >= 15 is 0 Å². The standard InChI is InChI=1S/C26H34N4O2S2/c1-4-12-29-23(28-13-10-17(2)11-14-28)20(18(3)21(16-27)24(29)31)15-22-25(32)30(26(33)34-22)19-8-6-5-7-9-19/h15,17,19H,4-14H2,1-3H3/b22-15+. The van der Waals surface area contributed by atoms with Crippen LogP contribution < -0.4 is 10.5 Å². The van der Waals surface area contributed by atoms with Crippen LogP contribution in [0.3, 0.4) is 0 Å². The Labute approximate surface area is 212 Å². The molecule has 1 aromatic rings. The highest BCUT2D eigenvalue weighted by Crippen LogP contribution is 2.39. The Bertz CT molecular complexity index is 1100. The molecule has 1 aromatic heterocycles. The Hall–Kier alpha value is -2.11. The van der Waals surface area contributed by atoms with E-state index in [0.29, 0.717) is 27.3 Å². The van der Waals surface area contributed by atoms with Crippen LogP contribution in [0.25, 0.3) is 6.08 Å². The van der Waals surface area contributed by atoms with Crippen molar-refractivity contribution in [3.05, 3.63) is 31.9 Å². The van der Waals surface area contributed by atoms with E-state index < -0.39 is 0 Å². The molecule has 1 aliphatic carbocycles. The molecule has 0 N–H and O–H groups in total. The summed E-state index contributed by atoms with van der Waals surface area (Å²) in [6, 6.07) is 2.32. The number of hydrogen-bond acceptors (Lipinski definition) is 6. The Kier molecular flexibility index (Phi) is 7.83. The first kappa shape index (κ1) is 25.0. The predicted molar refractivity (Wildman–Crippen MR) is 143 cm³/mol. The van der Waals surface area contributed by atoms with Crippen LogP contribution in [0, 0.1) is 24.2 Å². The molecule has 0 unspecified atom stereocenters. The fourth-order valence-corrected chi connectivity index (χ4v) is 6.78. The summed E-state index contributed by atoms with van der Waals surface area (Å²) in [6.07, 6.45) is 10.3. The predicted octanol–water partition coefficient (Wildman–Crippen LogP) is 5.21. The maximum absolute atomic E-state index is 13.5. The molecule has 0 radical (unpaired) electrons. The fraction of sp³-hybridized carbons (Fsp3) is 0.615. The third-order valence-electron chi connectivity index (χ3n) is 7.42. The number of amides is 1. The van der Waals surface area contributed by atoms with E-state index in [4.69, 9.17) is 12.2 Å². The number of thioether (sulfide) groups is 1. The number of aromatic nitrogens is 1. The van der Waals surface area contributed by atoms with E-state index in [1.807, 2.05) is 24.8 Å². The maximum Gasteiger partial charge on any atom is 0.270 e. The van der Waals surface area contributed by atoms with Crippen molar-refractivity contribution in [2.75, 3.05) is 18.0 Å². The second kappa shape index (κ2) is 10.7. The number of thiocarbonyl (C=S) groups is 1. The van der Waals surface area contributed by atoms with Crippen LogP contribution in [0.1, 0.15) is 81.9 Å². The largest absolute Gasteiger partial charge is 0.357 e. The molecule has 0 aromatic carbocycles. The highest BCUT2D eigenvalue weighted by atomic mass is 32.2. The lowest BCUT2D eigenvalue weighted by Crippen LogP contribution is -2.40. The topological polar surface area (TPSA) is 69.3 Å². The summed E-state index contributed by atoms with van der Waals surface area (Å²) in [5.41, 5.74) is 1.39. The van der Waals surface area contributed by atoms with Gasteiger partial charge in [-0.1, -0.05) is 57.1 Å². The fourth-order valence-electron chi connectivity index (χ4n) is 5.40. The minimum absolute atomic E-state index is 0.0359. The van der Waals surface area contributed by atoms with Crippen molar-refractivity contribution in [3.8, 4) is 6.07 Å². The molecule has 2 aliphatic heterocycles. The van der Waals surface area contributed by atoms with Gasteiger partial charge in [0.25, 0.3) is 11.5 Å². The van der Waals surface area contributed by atoms with E-state index in [-0.39, 0.29) is 23.1 Å². The average molecular weight is 499 g/mol. The minimum Gasteiger partial charge on any atom is -0.357 e. The molecule has 1 amide bonds. The molecule has 0 atom stereocenters. The summed E-state index contributed by atoms with van der Waals surface area (Å²) < 4.78 is 2.38. The first-order chi connectivity index (χ1) is 16.4. The number of carbonyl (C=O) groups is 1. The molecule has 8 heteroatoms. The van der Waals surface area contributed by atoms with Crippen molar-refractivity contribution in [3.63, 3.8) is 0 Å². The van der Waals surface area contributed by atoms with Gasteiger partial charge in [-0.05, 0) is 56.6 Å². The Morgan fingerprint density at radius 3 is 2.44 bits per heavy atom. The number of rotatable bonds is 5. The molecule has 34 heavy (non-hydrogen) atoms.